The fourth-order valence-corrected chi connectivity index (χ4v) is 3.14. The van der Waals surface area contributed by atoms with Crippen LogP contribution >= 0.6 is 23.1 Å². The van der Waals surface area contributed by atoms with E-state index in [-0.39, 0.29) is 0 Å². The van der Waals surface area contributed by atoms with Gasteiger partial charge in [0, 0.05) is 23.3 Å². The summed E-state index contributed by atoms with van der Waals surface area (Å²) in [5, 5.41) is 6.10. The SMILES string of the molecule is CCNc1nc(C)cc(Sc2nc(C)cs2)n1. The van der Waals surface area contributed by atoms with Crippen molar-refractivity contribution < 1.29 is 0 Å². The molecule has 0 aliphatic carbocycles. The van der Waals surface area contributed by atoms with E-state index in [9.17, 15) is 0 Å². The molecule has 0 amide bonds. The zero-order chi connectivity index (χ0) is 12.3. The Morgan fingerprint density at radius 1 is 1.24 bits per heavy atom. The molecule has 2 rings (SSSR count). The van der Waals surface area contributed by atoms with Crippen molar-refractivity contribution in [2.24, 2.45) is 0 Å². The fraction of sp³-hybridized carbons (Fsp3) is 0.364. The van der Waals surface area contributed by atoms with Crippen molar-refractivity contribution in [1.82, 2.24) is 15.0 Å². The number of hydrogen-bond donors (Lipinski definition) is 1. The zero-order valence-corrected chi connectivity index (χ0v) is 11.7. The quantitative estimate of drug-likeness (QED) is 0.862. The van der Waals surface area contributed by atoms with Crippen LogP contribution in [0.25, 0.3) is 0 Å². The van der Waals surface area contributed by atoms with Gasteiger partial charge in [0.15, 0.2) is 4.34 Å². The summed E-state index contributed by atoms with van der Waals surface area (Å²) in [4.78, 5) is 13.2. The average molecular weight is 266 g/mol. The van der Waals surface area contributed by atoms with Gasteiger partial charge >= 0.3 is 0 Å². The Bertz CT molecular complexity index is 510. The maximum atomic E-state index is 4.44. The molecule has 90 valence electrons. The van der Waals surface area contributed by atoms with Crippen LogP contribution in [0.15, 0.2) is 20.8 Å². The van der Waals surface area contributed by atoms with Gasteiger partial charge in [0.2, 0.25) is 5.95 Å². The van der Waals surface area contributed by atoms with Crippen molar-refractivity contribution in [3.8, 4) is 0 Å². The van der Waals surface area contributed by atoms with Crippen LogP contribution < -0.4 is 5.32 Å². The topological polar surface area (TPSA) is 50.7 Å². The Labute approximate surface area is 109 Å². The first-order valence-electron chi connectivity index (χ1n) is 5.37. The molecule has 6 heteroatoms. The molecular formula is C11H14N4S2. The molecule has 0 aromatic carbocycles. The Morgan fingerprint density at radius 3 is 2.71 bits per heavy atom. The van der Waals surface area contributed by atoms with Gasteiger partial charge in [-0.1, -0.05) is 0 Å². The molecule has 0 aliphatic rings. The van der Waals surface area contributed by atoms with Gasteiger partial charge < -0.3 is 5.32 Å². The molecule has 0 unspecified atom stereocenters. The summed E-state index contributed by atoms with van der Waals surface area (Å²) >= 11 is 3.22. The number of hydrogen-bond acceptors (Lipinski definition) is 6. The third-order valence-electron chi connectivity index (χ3n) is 1.96. The monoisotopic (exact) mass is 266 g/mol. The van der Waals surface area contributed by atoms with E-state index in [1.54, 1.807) is 23.1 Å². The minimum absolute atomic E-state index is 0.684. The highest BCUT2D eigenvalue weighted by Crippen LogP contribution is 2.29. The lowest BCUT2D eigenvalue weighted by Crippen LogP contribution is -2.03. The molecule has 0 fully saturated rings. The third-order valence-corrected chi connectivity index (χ3v) is 3.93. The van der Waals surface area contributed by atoms with E-state index in [0.717, 1.165) is 27.3 Å². The molecule has 2 aromatic heterocycles. The number of rotatable bonds is 4. The third kappa shape index (κ3) is 3.41. The minimum Gasteiger partial charge on any atom is -0.354 e. The predicted molar refractivity (Wildman–Crippen MR) is 71.9 cm³/mol. The second-order valence-corrected chi connectivity index (χ2v) is 5.68. The summed E-state index contributed by atoms with van der Waals surface area (Å²) in [6.07, 6.45) is 0. The fourth-order valence-electron chi connectivity index (χ4n) is 1.30. The lowest BCUT2D eigenvalue weighted by Gasteiger charge is -2.04. The Kier molecular flexibility index (Phi) is 3.96. The zero-order valence-electron chi connectivity index (χ0n) is 10.0. The molecular weight excluding hydrogens is 252 g/mol. The molecule has 0 radical (unpaired) electrons. The molecule has 0 atom stereocenters. The van der Waals surface area contributed by atoms with Crippen LogP contribution in [0.4, 0.5) is 5.95 Å². The second kappa shape index (κ2) is 5.46. The number of aromatic nitrogens is 3. The van der Waals surface area contributed by atoms with Gasteiger partial charge in [0.25, 0.3) is 0 Å². The molecule has 1 N–H and O–H groups in total. The van der Waals surface area contributed by atoms with Crippen molar-refractivity contribution in [2.75, 3.05) is 11.9 Å². The van der Waals surface area contributed by atoms with E-state index in [2.05, 4.69) is 20.3 Å². The van der Waals surface area contributed by atoms with E-state index in [1.807, 2.05) is 32.2 Å². The maximum Gasteiger partial charge on any atom is 0.223 e. The summed E-state index contributed by atoms with van der Waals surface area (Å²) in [5.74, 6) is 0.684. The first kappa shape index (κ1) is 12.3. The van der Waals surface area contributed by atoms with Crippen LogP contribution in [0.1, 0.15) is 18.3 Å². The first-order chi connectivity index (χ1) is 8.17. The van der Waals surface area contributed by atoms with Gasteiger partial charge in [-0.15, -0.1) is 11.3 Å². The molecule has 17 heavy (non-hydrogen) atoms. The summed E-state index contributed by atoms with van der Waals surface area (Å²) in [7, 11) is 0. The maximum absolute atomic E-state index is 4.44. The molecule has 0 aliphatic heterocycles. The smallest absolute Gasteiger partial charge is 0.223 e. The molecule has 0 bridgehead atoms. The normalized spacial score (nSPS) is 10.5. The van der Waals surface area contributed by atoms with Crippen molar-refractivity contribution in [3.63, 3.8) is 0 Å². The van der Waals surface area contributed by atoms with Gasteiger partial charge in [-0.25, -0.2) is 15.0 Å². The van der Waals surface area contributed by atoms with Crippen LogP contribution in [0, 0.1) is 13.8 Å². The Morgan fingerprint density at radius 2 is 2.06 bits per heavy atom. The molecule has 4 nitrogen and oxygen atoms in total. The highest BCUT2D eigenvalue weighted by molar-refractivity contribution is 8.01. The summed E-state index contributed by atoms with van der Waals surface area (Å²) in [6, 6.07) is 1.97. The van der Waals surface area contributed by atoms with Crippen molar-refractivity contribution in [2.45, 2.75) is 30.1 Å². The van der Waals surface area contributed by atoms with E-state index in [4.69, 9.17) is 0 Å². The Balaban J connectivity index is 2.20. The van der Waals surface area contributed by atoms with E-state index >= 15 is 0 Å². The Hall–Kier alpha value is -1.14. The van der Waals surface area contributed by atoms with Gasteiger partial charge in [-0.05, 0) is 38.6 Å². The van der Waals surface area contributed by atoms with Gasteiger partial charge in [0.05, 0.1) is 0 Å². The molecule has 0 saturated carbocycles. The standard InChI is InChI=1S/C11H14N4S2/c1-4-12-10-13-7(2)5-9(15-10)17-11-14-8(3)6-16-11/h5-6H,4H2,1-3H3,(H,12,13,15). The number of anilines is 1. The van der Waals surface area contributed by atoms with Crippen LogP contribution in [-0.2, 0) is 0 Å². The predicted octanol–water partition coefficient (Wildman–Crippen LogP) is 3.13. The van der Waals surface area contributed by atoms with Gasteiger partial charge in [-0.2, -0.15) is 0 Å². The number of nitrogens with zero attached hydrogens (tertiary/aromatic N) is 3. The summed E-state index contributed by atoms with van der Waals surface area (Å²) in [5.41, 5.74) is 2.02. The van der Waals surface area contributed by atoms with Gasteiger partial charge in [-0.3, -0.25) is 0 Å². The average Bonchev–Trinajstić information content (AvgIpc) is 2.63. The molecule has 0 saturated heterocycles. The van der Waals surface area contributed by atoms with Crippen molar-refractivity contribution >= 4 is 29.0 Å². The molecule has 2 aromatic rings. The highest BCUT2D eigenvalue weighted by atomic mass is 32.2. The lowest BCUT2D eigenvalue weighted by atomic mass is 10.5. The van der Waals surface area contributed by atoms with Crippen molar-refractivity contribution in [1.29, 1.82) is 0 Å². The van der Waals surface area contributed by atoms with Crippen LogP contribution in [0.2, 0.25) is 0 Å². The highest BCUT2D eigenvalue weighted by Gasteiger charge is 2.06. The van der Waals surface area contributed by atoms with Crippen LogP contribution in [0.5, 0.6) is 0 Å². The molecule has 2 heterocycles. The summed E-state index contributed by atoms with van der Waals surface area (Å²) < 4.78 is 1.02. The molecule has 0 spiro atoms. The number of thiazole rings is 1. The van der Waals surface area contributed by atoms with E-state index < -0.39 is 0 Å². The van der Waals surface area contributed by atoms with Crippen molar-refractivity contribution in [3.05, 3.63) is 22.8 Å². The second-order valence-electron chi connectivity index (χ2n) is 3.56. The van der Waals surface area contributed by atoms with E-state index in [1.165, 1.54) is 0 Å². The first-order valence-corrected chi connectivity index (χ1v) is 7.06. The lowest BCUT2D eigenvalue weighted by molar-refractivity contribution is 0.983. The minimum atomic E-state index is 0.684. The number of nitrogens with one attached hydrogen (secondary N) is 1. The summed E-state index contributed by atoms with van der Waals surface area (Å²) in [6.45, 7) is 6.82. The number of aryl methyl sites for hydroxylation is 2. The van der Waals surface area contributed by atoms with E-state index in [0.29, 0.717) is 5.95 Å². The largest absolute Gasteiger partial charge is 0.354 e. The van der Waals surface area contributed by atoms with Gasteiger partial charge in [0.1, 0.15) is 5.03 Å². The van der Waals surface area contributed by atoms with Crippen LogP contribution in [0.3, 0.4) is 0 Å². The van der Waals surface area contributed by atoms with Crippen LogP contribution in [-0.4, -0.2) is 21.5 Å².